The van der Waals surface area contributed by atoms with Crippen molar-refractivity contribution in [2.24, 2.45) is 5.92 Å². The maximum absolute atomic E-state index is 12.9. The second-order valence-corrected chi connectivity index (χ2v) is 10.4. The number of sulfonamides is 1. The molecule has 0 spiro atoms. The van der Waals surface area contributed by atoms with E-state index >= 15 is 0 Å². The first-order valence-electron chi connectivity index (χ1n) is 10.7. The van der Waals surface area contributed by atoms with Gasteiger partial charge in [0.05, 0.1) is 10.6 Å². The molecule has 1 N–H and O–H groups in total. The van der Waals surface area contributed by atoms with Gasteiger partial charge in [-0.25, -0.2) is 8.42 Å². The molecule has 8 nitrogen and oxygen atoms in total. The van der Waals surface area contributed by atoms with Crippen LogP contribution in [-0.4, -0.2) is 56.8 Å². The van der Waals surface area contributed by atoms with Gasteiger partial charge in [0.2, 0.25) is 15.9 Å². The number of amides is 2. The number of anilines is 1. The summed E-state index contributed by atoms with van der Waals surface area (Å²) in [5.74, 6) is 0.231. The molecule has 0 radical (unpaired) electrons. The SMILES string of the molecule is C[C@@H]1CCCC[C@@H]1NC(=O)CN1C(=O)COc2ccc(S(=O)(=O)N3CCCC3)cc21. The van der Waals surface area contributed by atoms with Crippen LogP contribution < -0.4 is 15.0 Å². The second-order valence-electron chi connectivity index (χ2n) is 8.45. The van der Waals surface area contributed by atoms with Gasteiger partial charge in [-0.1, -0.05) is 19.8 Å². The van der Waals surface area contributed by atoms with Gasteiger partial charge in [-0.15, -0.1) is 0 Å². The van der Waals surface area contributed by atoms with E-state index in [1.807, 2.05) is 0 Å². The summed E-state index contributed by atoms with van der Waals surface area (Å²) in [5.41, 5.74) is 0.332. The van der Waals surface area contributed by atoms with Gasteiger partial charge in [0.1, 0.15) is 12.3 Å². The van der Waals surface area contributed by atoms with Crippen LogP contribution in [0, 0.1) is 5.92 Å². The van der Waals surface area contributed by atoms with Crippen molar-refractivity contribution in [3.8, 4) is 5.75 Å². The second kappa shape index (κ2) is 8.55. The Morgan fingerprint density at radius 3 is 2.63 bits per heavy atom. The van der Waals surface area contributed by atoms with Crippen molar-refractivity contribution in [1.29, 1.82) is 0 Å². The molecule has 0 unspecified atom stereocenters. The molecule has 164 valence electrons. The van der Waals surface area contributed by atoms with Gasteiger partial charge < -0.3 is 10.1 Å². The molecule has 0 aromatic heterocycles. The number of nitrogens with one attached hydrogen (secondary N) is 1. The predicted molar refractivity (Wildman–Crippen MR) is 112 cm³/mol. The highest BCUT2D eigenvalue weighted by atomic mass is 32.2. The Balaban J connectivity index is 1.55. The predicted octanol–water partition coefficient (Wildman–Crippen LogP) is 1.89. The lowest BCUT2D eigenvalue weighted by Gasteiger charge is -2.32. The minimum absolute atomic E-state index is 0.115. The van der Waals surface area contributed by atoms with Crippen molar-refractivity contribution in [3.63, 3.8) is 0 Å². The summed E-state index contributed by atoms with van der Waals surface area (Å²) in [4.78, 5) is 26.7. The van der Waals surface area contributed by atoms with Crippen LogP contribution in [0.15, 0.2) is 23.1 Å². The quantitative estimate of drug-likeness (QED) is 0.762. The van der Waals surface area contributed by atoms with Crippen LogP contribution in [0.3, 0.4) is 0 Å². The first kappa shape index (κ1) is 21.1. The monoisotopic (exact) mass is 435 g/mol. The molecule has 3 aliphatic rings. The van der Waals surface area contributed by atoms with Crippen molar-refractivity contribution < 1.29 is 22.7 Å². The van der Waals surface area contributed by atoms with Gasteiger partial charge in [-0.2, -0.15) is 4.31 Å². The average Bonchev–Trinajstić information content (AvgIpc) is 3.27. The lowest BCUT2D eigenvalue weighted by atomic mass is 9.86. The molecule has 2 atom stereocenters. The molecule has 2 amide bonds. The summed E-state index contributed by atoms with van der Waals surface area (Å²) in [6.45, 7) is 2.82. The van der Waals surface area contributed by atoms with Crippen LogP contribution >= 0.6 is 0 Å². The molecule has 2 fully saturated rings. The van der Waals surface area contributed by atoms with Gasteiger partial charge in [-0.3, -0.25) is 14.5 Å². The highest BCUT2D eigenvalue weighted by molar-refractivity contribution is 7.89. The Morgan fingerprint density at radius 2 is 1.90 bits per heavy atom. The molecular formula is C21H29N3O5S. The Labute approximate surface area is 177 Å². The van der Waals surface area contributed by atoms with E-state index in [-0.39, 0.29) is 35.9 Å². The molecule has 0 bridgehead atoms. The first-order chi connectivity index (χ1) is 14.4. The van der Waals surface area contributed by atoms with Crippen molar-refractivity contribution in [2.75, 3.05) is 31.1 Å². The fourth-order valence-electron chi connectivity index (χ4n) is 4.52. The molecule has 4 rings (SSSR count). The fourth-order valence-corrected chi connectivity index (χ4v) is 6.06. The largest absolute Gasteiger partial charge is 0.482 e. The Morgan fingerprint density at radius 1 is 1.17 bits per heavy atom. The highest BCUT2D eigenvalue weighted by Crippen LogP contribution is 2.35. The maximum atomic E-state index is 12.9. The fraction of sp³-hybridized carbons (Fsp3) is 0.619. The van der Waals surface area contributed by atoms with E-state index in [9.17, 15) is 18.0 Å². The zero-order chi connectivity index (χ0) is 21.3. The van der Waals surface area contributed by atoms with Crippen molar-refractivity contribution in [2.45, 2.75) is 56.4 Å². The Bertz CT molecular complexity index is 927. The van der Waals surface area contributed by atoms with Crippen LogP contribution in [-0.2, 0) is 19.6 Å². The number of rotatable bonds is 5. The normalized spacial score (nSPS) is 25.0. The zero-order valence-electron chi connectivity index (χ0n) is 17.3. The van der Waals surface area contributed by atoms with Crippen molar-refractivity contribution in [3.05, 3.63) is 18.2 Å². The number of benzene rings is 1. The number of carbonyl (C=O) groups is 2. The lowest BCUT2D eigenvalue weighted by molar-refractivity contribution is -0.126. The minimum atomic E-state index is -3.63. The Kier molecular flexibility index (Phi) is 6.02. The van der Waals surface area contributed by atoms with E-state index < -0.39 is 10.0 Å². The summed E-state index contributed by atoms with van der Waals surface area (Å²) in [7, 11) is -3.63. The third-order valence-corrected chi connectivity index (χ3v) is 8.23. The van der Waals surface area contributed by atoms with Gasteiger partial charge >= 0.3 is 0 Å². The van der Waals surface area contributed by atoms with Crippen molar-refractivity contribution in [1.82, 2.24) is 9.62 Å². The molecule has 1 saturated heterocycles. The molecule has 2 aliphatic heterocycles. The molecule has 2 heterocycles. The molecule has 1 aromatic carbocycles. The summed E-state index contributed by atoms with van der Waals surface area (Å²) < 4.78 is 32.8. The number of ether oxygens (including phenoxy) is 1. The third-order valence-electron chi connectivity index (χ3n) is 6.34. The lowest BCUT2D eigenvalue weighted by Crippen LogP contribution is -2.49. The first-order valence-corrected chi connectivity index (χ1v) is 12.2. The summed E-state index contributed by atoms with van der Waals surface area (Å²) in [6, 6.07) is 4.64. The van der Waals surface area contributed by atoms with E-state index in [2.05, 4.69) is 12.2 Å². The van der Waals surface area contributed by atoms with Crippen LogP contribution in [0.5, 0.6) is 5.75 Å². The average molecular weight is 436 g/mol. The van der Waals surface area contributed by atoms with Crippen LogP contribution in [0.25, 0.3) is 0 Å². The Hall–Kier alpha value is -2.13. The molecule has 1 saturated carbocycles. The minimum Gasteiger partial charge on any atom is -0.482 e. The van der Waals surface area contributed by atoms with E-state index in [4.69, 9.17) is 4.74 Å². The molecule has 1 aliphatic carbocycles. The van der Waals surface area contributed by atoms with E-state index in [1.54, 1.807) is 6.07 Å². The van der Waals surface area contributed by atoms with E-state index in [0.717, 1.165) is 32.1 Å². The van der Waals surface area contributed by atoms with Crippen LogP contribution in [0.4, 0.5) is 5.69 Å². The number of fused-ring (bicyclic) bond motifs is 1. The zero-order valence-corrected chi connectivity index (χ0v) is 18.1. The topological polar surface area (TPSA) is 96.0 Å². The summed E-state index contributed by atoms with van der Waals surface area (Å²) in [6.07, 6.45) is 5.99. The van der Waals surface area contributed by atoms with Gasteiger partial charge in [0, 0.05) is 19.1 Å². The van der Waals surface area contributed by atoms with Crippen molar-refractivity contribution >= 4 is 27.5 Å². The smallest absolute Gasteiger partial charge is 0.265 e. The number of nitrogens with zero attached hydrogens (tertiary/aromatic N) is 2. The number of hydrogen-bond donors (Lipinski definition) is 1. The van der Waals surface area contributed by atoms with E-state index in [1.165, 1.54) is 27.8 Å². The number of hydrogen-bond acceptors (Lipinski definition) is 5. The summed E-state index contributed by atoms with van der Waals surface area (Å²) >= 11 is 0. The third kappa shape index (κ3) is 4.18. The maximum Gasteiger partial charge on any atom is 0.265 e. The standard InChI is InChI=1S/C21H29N3O5S/c1-15-6-2-3-7-17(15)22-20(25)13-24-18-12-16(8-9-19(18)29-14-21(24)26)30(27,28)23-10-4-5-11-23/h8-9,12,15,17H,2-7,10-11,13-14H2,1H3,(H,22,25)/t15-,17+/m1/s1. The molecular weight excluding hydrogens is 406 g/mol. The van der Waals surface area contributed by atoms with Crippen LogP contribution in [0.2, 0.25) is 0 Å². The van der Waals surface area contributed by atoms with Crippen LogP contribution in [0.1, 0.15) is 45.4 Å². The van der Waals surface area contributed by atoms with Gasteiger partial charge in [0.25, 0.3) is 5.91 Å². The van der Waals surface area contributed by atoms with Gasteiger partial charge in [0.15, 0.2) is 6.61 Å². The number of carbonyl (C=O) groups excluding carboxylic acids is 2. The summed E-state index contributed by atoms with van der Waals surface area (Å²) in [5, 5.41) is 3.06. The van der Waals surface area contributed by atoms with Gasteiger partial charge in [-0.05, 0) is 49.8 Å². The molecule has 9 heteroatoms. The molecule has 1 aromatic rings. The highest BCUT2D eigenvalue weighted by Gasteiger charge is 2.33. The van der Waals surface area contributed by atoms with E-state index in [0.29, 0.717) is 30.4 Å². The molecule has 30 heavy (non-hydrogen) atoms.